The van der Waals surface area contributed by atoms with Gasteiger partial charge in [-0.3, -0.25) is 4.98 Å². The fourth-order valence-electron chi connectivity index (χ4n) is 1.14. The lowest BCUT2D eigenvalue weighted by molar-refractivity contribution is 0.150. The van der Waals surface area contributed by atoms with Gasteiger partial charge in [-0.2, -0.15) is 5.26 Å². The van der Waals surface area contributed by atoms with Crippen molar-refractivity contribution in [2.24, 2.45) is 0 Å². The lowest BCUT2D eigenvalue weighted by Gasteiger charge is -2.07. The van der Waals surface area contributed by atoms with Crippen molar-refractivity contribution in [2.75, 3.05) is 0 Å². The molecular formula is C9H8F2N2O. The minimum Gasteiger partial charge on any atom is -0.390 e. The quantitative estimate of drug-likeness (QED) is 0.786. The number of hydrogen-bond acceptors (Lipinski definition) is 3. The van der Waals surface area contributed by atoms with Gasteiger partial charge < -0.3 is 5.11 Å². The third kappa shape index (κ3) is 1.70. The van der Waals surface area contributed by atoms with E-state index in [9.17, 15) is 8.78 Å². The van der Waals surface area contributed by atoms with Gasteiger partial charge in [0.15, 0.2) is 0 Å². The van der Waals surface area contributed by atoms with Gasteiger partial charge in [0, 0.05) is 6.20 Å². The molecule has 5 heteroatoms. The van der Waals surface area contributed by atoms with Crippen molar-refractivity contribution >= 4 is 0 Å². The molecule has 0 amide bonds. The molecule has 14 heavy (non-hydrogen) atoms. The Bertz CT molecular complexity index is 385. The van der Waals surface area contributed by atoms with E-state index in [1.165, 1.54) is 6.92 Å². The van der Waals surface area contributed by atoms with E-state index in [1.54, 1.807) is 6.07 Å². The number of nitriles is 1. The third-order valence-electron chi connectivity index (χ3n) is 1.95. The number of aromatic nitrogens is 1. The summed E-state index contributed by atoms with van der Waals surface area (Å²) >= 11 is 0. The highest BCUT2D eigenvalue weighted by Gasteiger charge is 2.17. The van der Waals surface area contributed by atoms with Crippen LogP contribution in [-0.2, 0) is 6.61 Å². The van der Waals surface area contributed by atoms with E-state index >= 15 is 0 Å². The molecule has 0 fully saturated rings. The zero-order chi connectivity index (χ0) is 10.7. The third-order valence-corrected chi connectivity index (χ3v) is 1.95. The maximum Gasteiger partial charge on any atom is 0.266 e. The Kier molecular flexibility index (Phi) is 3.10. The van der Waals surface area contributed by atoms with Crippen LogP contribution in [0, 0.1) is 18.3 Å². The second-order valence-corrected chi connectivity index (χ2v) is 2.73. The molecule has 3 nitrogen and oxygen atoms in total. The van der Waals surface area contributed by atoms with Crippen molar-refractivity contribution in [1.29, 1.82) is 5.26 Å². The summed E-state index contributed by atoms with van der Waals surface area (Å²) in [6, 6.07) is 1.69. The number of rotatable bonds is 2. The molecule has 1 rings (SSSR count). The van der Waals surface area contributed by atoms with Crippen molar-refractivity contribution in [1.82, 2.24) is 4.98 Å². The van der Waals surface area contributed by atoms with Crippen LogP contribution >= 0.6 is 0 Å². The van der Waals surface area contributed by atoms with E-state index in [2.05, 4.69) is 4.98 Å². The fraction of sp³-hybridized carbons (Fsp3) is 0.333. The lowest BCUT2D eigenvalue weighted by Crippen LogP contribution is -2.02. The molecule has 0 saturated carbocycles. The fourth-order valence-corrected chi connectivity index (χ4v) is 1.14. The highest BCUT2D eigenvalue weighted by Crippen LogP contribution is 2.25. The zero-order valence-corrected chi connectivity index (χ0v) is 7.46. The molecule has 1 N–H and O–H groups in total. The smallest absolute Gasteiger partial charge is 0.266 e. The van der Waals surface area contributed by atoms with Crippen molar-refractivity contribution in [3.05, 3.63) is 28.6 Å². The maximum absolute atomic E-state index is 12.4. The summed E-state index contributed by atoms with van der Waals surface area (Å²) in [5.41, 5.74) is 0.0833. The van der Waals surface area contributed by atoms with Crippen LogP contribution in [0.3, 0.4) is 0 Å². The van der Waals surface area contributed by atoms with Gasteiger partial charge in [-0.1, -0.05) is 0 Å². The van der Waals surface area contributed by atoms with E-state index < -0.39 is 6.43 Å². The van der Waals surface area contributed by atoms with Gasteiger partial charge >= 0.3 is 0 Å². The van der Waals surface area contributed by atoms with Crippen molar-refractivity contribution < 1.29 is 13.9 Å². The highest BCUT2D eigenvalue weighted by molar-refractivity contribution is 5.45. The molecule has 1 aromatic rings. The summed E-state index contributed by atoms with van der Waals surface area (Å²) < 4.78 is 24.8. The van der Waals surface area contributed by atoms with E-state index in [4.69, 9.17) is 10.4 Å². The number of alkyl halides is 2. The van der Waals surface area contributed by atoms with E-state index in [-0.39, 0.29) is 23.4 Å². The minimum absolute atomic E-state index is 0.0981. The number of aliphatic hydroxyl groups is 1. The van der Waals surface area contributed by atoms with Crippen LogP contribution in [0.2, 0.25) is 0 Å². The van der Waals surface area contributed by atoms with Gasteiger partial charge in [0.2, 0.25) is 0 Å². The second-order valence-electron chi connectivity index (χ2n) is 2.73. The standard InChI is InChI=1S/C9H8F2N2O/c1-5-6(2-12)7(9(10)11)3-13-8(5)4-14/h3,9,14H,4H2,1H3. The first-order valence-corrected chi connectivity index (χ1v) is 3.89. The number of aliphatic hydroxyl groups excluding tert-OH is 1. The molecule has 0 saturated heterocycles. The lowest BCUT2D eigenvalue weighted by atomic mass is 10.0. The number of nitrogens with zero attached hydrogens (tertiary/aromatic N) is 2. The topological polar surface area (TPSA) is 56.9 Å². The van der Waals surface area contributed by atoms with Gasteiger partial charge in [-0.25, -0.2) is 8.78 Å². The number of hydrogen-bond donors (Lipinski definition) is 1. The average molecular weight is 198 g/mol. The Labute approximate surface area is 79.6 Å². The Hall–Kier alpha value is -1.54. The summed E-state index contributed by atoms with van der Waals surface area (Å²) in [6.45, 7) is 1.13. The first-order chi connectivity index (χ1) is 6.61. The zero-order valence-electron chi connectivity index (χ0n) is 7.46. The highest BCUT2D eigenvalue weighted by atomic mass is 19.3. The summed E-state index contributed by atoms with van der Waals surface area (Å²) in [5, 5.41) is 17.5. The summed E-state index contributed by atoms with van der Waals surface area (Å²) in [4.78, 5) is 3.65. The molecule has 0 bridgehead atoms. The Morgan fingerprint density at radius 1 is 1.64 bits per heavy atom. The Balaban J connectivity index is 3.38. The van der Waals surface area contributed by atoms with Crippen molar-refractivity contribution in [3.8, 4) is 6.07 Å². The molecule has 0 radical (unpaired) electrons. The SMILES string of the molecule is Cc1c(CO)ncc(C(F)F)c1C#N. The Morgan fingerprint density at radius 3 is 2.71 bits per heavy atom. The van der Waals surface area contributed by atoms with Gasteiger partial charge in [0.25, 0.3) is 6.43 Å². The molecule has 1 aromatic heterocycles. The predicted octanol–water partition coefficient (Wildman–Crippen LogP) is 1.69. The number of pyridine rings is 1. The molecule has 74 valence electrons. The molecule has 0 spiro atoms. The molecule has 0 aliphatic carbocycles. The maximum atomic E-state index is 12.4. The summed E-state index contributed by atoms with van der Waals surface area (Å²) in [5.74, 6) is 0. The van der Waals surface area contributed by atoms with Crippen LogP contribution in [0.1, 0.15) is 28.8 Å². The average Bonchev–Trinajstić information content (AvgIpc) is 2.17. The van der Waals surface area contributed by atoms with E-state index in [1.807, 2.05) is 0 Å². The van der Waals surface area contributed by atoms with Gasteiger partial charge in [-0.05, 0) is 12.5 Å². The molecule has 0 atom stereocenters. The molecule has 0 aliphatic heterocycles. The van der Waals surface area contributed by atoms with Crippen molar-refractivity contribution in [2.45, 2.75) is 20.0 Å². The predicted molar refractivity (Wildman–Crippen MR) is 44.6 cm³/mol. The van der Waals surface area contributed by atoms with E-state index in [0.717, 1.165) is 6.20 Å². The normalized spacial score (nSPS) is 10.3. The van der Waals surface area contributed by atoms with Crippen molar-refractivity contribution in [3.63, 3.8) is 0 Å². The first kappa shape index (κ1) is 10.5. The van der Waals surface area contributed by atoms with Crippen LogP contribution in [0.15, 0.2) is 6.20 Å². The van der Waals surface area contributed by atoms with Crippen LogP contribution in [0.5, 0.6) is 0 Å². The van der Waals surface area contributed by atoms with E-state index in [0.29, 0.717) is 5.56 Å². The van der Waals surface area contributed by atoms with Gasteiger partial charge in [0.1, 0.15) is 6.07 Å². The number of halogens is 2. The van der Waals surface area contributed by atoms with Crippen LogP contribution in [0.25, 0.3) is 0 Å². The van der Waals surface area contributed by atoms with Gasteiger partial charge in [-0.15, -0.1) is 0 Å². The monoisotopic (exact) mass is 198 g/mol. The molecule has 0 unspecified atom stereocenters. The molecule has 1 heterocycles. The Morgan fingerprint density at radius 2 is 2.29 bits per heavy atom. The van der Waals surface area contributed by atoms with Crippen LogP contribution < -0.4 is 0 Å². The minimum atomic E-state index is -2.72. The summed E-state index contributed by atoms with van der Waals surface area (Å²) in [6.07, 6.45) is -1.79. The molecular weight excluding hydrogens is 190 g/mol. The van der Waals surface area contributed by atoms with Gasteiger partial charge in [0.05, 0.1) is 23.4 Å². The first-order valence-electron chi connectivity index (χ1n) is 3.89. The van der Waals surface area contributed by atoms with Crippen LogP contribution in [-0.4, -0.2) is 10.1 Å². The van der Waals surface area contributed by atoms with Crippen LogP contribution in [0.4, 0.5) is 8.78 Å². The molecule has 0 aromatic carbocycles. The second kappa shape index (κ2) is 4.11. The summed E-state index contributed by atoms with van der Waals surface area (Å²) in [7, 11) is 0. The molecule has 0 aliphatic rings. The largest absolute Gasteiger partial charge is 0.390 e.